The molecular formula is C36H42FN5O7. The van der Waals surface area contributed by atoms with Gasteiger partial charge in [0.2, 0.25) is 11.8 Å². The van der Waals surface area contributed by atoms with Crippen LogP contribution in [0.1, 0.15) is 93.5 Å². The van der Waals surface area contributed by atoms with Crippen LogP contribution in [0.25, 0.3) is 0 Å². The van der Waals surface area contributed by atoms with Gasteiger partial charge in [-0.3, -0.25) is 24.0 Å². The molecule has 2 aliphatic heterocycles. The summed E-state index contributed by atoms with van der Waals surface area (Å²) in [6.07, 6.45) is 2.98. The van der Waals surface area contributed by atoms with Crippen molar-refractivity contribution in [3.05, 3.63) is 75.9 Å². The zero-order chi connectivity index (χ0) is 35.1. The summed E-state index contributed by atoms with van der Waals surface area (Å²) in [6, 6.07) is 8.04. The van der Waals surface area contributed by atoms with E-state index in [0.29, 0.717) is 60.2 Å². The number of aromatic nitrogens is 1. The number of nitrogens with zero attached hydrogens (tertiary/aromatic N) is 1. The molecule has 1 aliphatic carbocycles. The van der Waals surface area contributed by atoms with Crippen LogP contribution in [0.5, 0.6) is 17.2 Å². The van der Waals surface area contributed by atoms with E-state index < -0.39 is 23.7 Å². The second-order valence-corrected chi connectivity index (χ2v) is 12.2. The Kier molecular flexibility index (Phi) is 11.3. The van der Waals surface area contributed by atoms with Gasteiger partial charge in [-0.05, 0) is 80.5 Å². The summed E-state index contributed by atoms with van der Waals surface area (Å²) < 4.78 is 26.3. The van der Waals surface area contributed by atoms with Gasteiger partial charge in [0.25, 0.3) is 11.8 Å². The third-order valence-corrected chi connectivity index (χ3v) is 8.83. The fourth-order valence-electron chi connectivity index (χ4n) is 6.15. The Hall–Kier alpha value is -5.20. The number of Topliss-reactive ketones (excluding diaryl/α,β-unsaturated/α-hetero) is 1. The zero-order valence-electron chi connectivity index (χ0n) is 28.0. The summed E-state index contributed by atoms with van der Waals surface area (Å²) >= 11 is 0. The van der Waals surface area contributed by atoms with E-state index in [9.17, 15) is 24.0 Å². The summed E-state index contributed by atoms with van der Waals surface area (Å²) in [5.74, 6) is -1.78. The minimum absolute atomic E-state index is 0.0192. The van der Waals surface area contributed by atoms with E-state index in [0.717, 1.165) is 12.1 Å². The average Bonchev–Trinajstić information content (AvgIpc) is 3.44. The Bertz CT molecular complexity index is 1750. The molecule has 1 aromatic heterocycles. The predicted octanol–water partition coefficient (Wildman–Crippen LogP) is 4.35. The second-order valence-electron chi connectivity index (χ2n) is 12.2. The third kappa shape index (κ3) is 8.27. The minimum Gasteiger partial charge on any atom is -0.493 e. The molecule has 3 aromatic rings. The summed E-state index contributed by atoms with van der Waals surface area (Å²) in [5.41, 5.74) is 3.06. The molecule has 260 valence electrons. The number of H-pyrrole nitrogens is 1. The Morgan fingerprint density at radius 3 is 2.51 bits per heavy atom. The van der Waals surface area contributed by atoms with Crippen LogP contribution in [-0.4, -0.2) is 72.1 Å². The first kappa shape index (κ1) is 35.1. The zero-order valence-corrected chi connectivity index (χ0v) is 28.0. The molecule has 0 unspecified atom stereocenters. The molecule has 3 heterocycles. The van der Waals surface area contributed by atoms with Gasteiger partial charge in [0, 0.05) is 55.8 Å². The summed E-state index contributed by atoms with van der Waals surface area (Å²) in [6.45, 7) is 4.29. The van der Waals surface area contributed by atoms with Crippen molar-refractivity contribution < 1.29 is 37.8 Å². The Morgan fingerprint density at radius 2 is 1.78 bits per heavy atom. The molecule has 3 aliphatic rings. The van der Waals surface area contributed by atoms with Crippen LogP contribution in [0.4, 0.5) is 4.39 Å². The molecule has 13 heteroatoms. The van der Waals surface area contributed by atoms with Crippen LogP contribution in [0, 0.1) is 12.7 Å². The van der Waals surface area contributed by atoms with Gasteiger partial charge in [0.15, 0.2) is 28.8 Å². The number of ketones is 1. The van der Waals surface area contributed by atoms with E-state index in [1.807, 2.05) is 0 Å². The SMILES string of the molecule is CC[C@@H]1NC(=O)CCCN(C(=O)c2[nH]c3c(c2C)C(=O)CCC3)CCCNC(=O)c2ccc(OC)c(c2)Oc2ccc(cc2F)CNC1=O. The number of hydrogen-bond acceptors (Lipinski definition) is 7. The van der Waals surface area contributed by atoms with Crippen LogP contribution in [-0.2, 0) is 22.6 Å². The van der Waals surface area contributed by atoms with Crippen molar-refractivity contribution >= 4 is 29.4 Å². The van der Waals surface area contributed by atoms with Gasteiger partial charge in [-0.25, -0.2) is 4.39 Å². The maximum absolute atomic E-state index is 15.1. The van der Waals surface area contributed by atoms with Crippen LogP contribution in [0.3, 0.4) is 0 Å². The number of ether oxygens (including phenoxy) is 2. The minimum atomic E-state index is -0.798. The third-order valence-electron chi connectivity index (χ3n) is 8.83. The highest BCUT2D eigenvalue weighted by Gasteiger charge is 2.29. The maximum atomic E-state index is 15.1. The number of aryl methyl sites for hydroxylation is 1. The van der Waals surface area contributed by atoms with Crippen LogP contribution >= 0.6 is 0 Å². The quantitative estimate of drug-likeness (QED) is 0.321. The Morgan fingerprint density at radius 1 is 0.980 bits per heavy atom. The number of halogens is 1. The number of amides is 4. The number of carbonyl (C=O) groups excluding carboxylic acids is 5. The first-order chi connectivity index (χ1) is 23.6. The lowest BCUT2D eigenvalue weighted by molar-refractivity contribution is -0.129. The predicted molar refractivity (Wildman–Crippen MR) is 178 cm³/mol. The molecule has 0 saturated carbocycles. The van der Waals surface area contributed by atoms with Crippen molar-refractivity contribution in [2.75, 3.05) is 26.7 Å². The normalized spacial score (nSPS) is 18.1. The van der Waals surface area contributed by atoms with E-state index in [1.165, 1.54) is 25.3 Å². The smallest absolute Gasteiger partial charge is 0.270 e. The molecule has 0 spiro atoms. The fraction of sp³-hybridized carbons (Fsp3) is 0.417. The number of fused-ring (bicyclic) bond motifs is 17. The molecule has 12 nitrogen and oxygen atoms in total. The molecule has 6 rings (SSSR count). The van der Waals surface area contributed by atoms with Gasteiger partial charge in [-0.2, -0.15) is 0 Å². The fourth-order valence-corrected chi connectivity index (χ4v) is 6.15. The van der Waals surface area contributed by atoms with Crippen molar-refractivity contribution in [3.8, 4) is 17.2 Å². The molecule has 4 amide bonds. The topological polar surface area (TPSA) is 159 Å². The monoisotopic (exact) mass is 675 g/mol. The largest absolute Gasteiger partial charge is 0.493 e. The van der Waals surface area contributed by atoms with Gasteiger partial charge in [-0.1, -0.05) is 13.0 Å². The molecule has 0 radical (unpaired) electrons. The van der Waals surface area contributed by atoms with Gasteiger partial charge >= 0.3 is 0 Å². The standard InChI is InChI=1S/C36H42FN5O7/c1-4-25-35(46)39-20-22-11-13-28(24(37)18-22)49-30-19-23(12-14-29(30)48-3)34(45)38-15-7-17-42(16-6-10-31(44)40-25)36(47)33-21(2)32-26(41-33)8-5-9-27(32)43/h11-14,18-19,25,41H,4-10,15-17,20H2,1-3H3,(H,38,45)(H,39,46)(H,40,44)/t25-/m0/s1. The number of nitrogens with one attached hydrogen (secondary N) is 4. The number of rotatable bonds is 3. The molecule has 0 fully saturated rings. The van der Waals surface area contributed by atoms with Crippen molar-refractivity contribution in [3.63, 3.8) is 0 Å². The van der Waals surface area contributed by atoms with E-state index in [-0.39, 0.29) is 67.3 Å². The van der Waals surface area contributed by atoms with Gasteiger partial charge in [-0.15, -0.1) is 0 Å². The van der Waals surface area contributed by atoms with Crippen molar-refractivity contribution in [2.45, 2.75) is 71.4 Å². The van der Waals surface area contributed by atoms with Gasteiger partial charge in [0.05, 0.1) is 7.11 Å². The van der Waals surface area contributed by atoms with Crippen LogP contribution in [0.15, 0.2) is 36.4 Å². The van der Waals surface area contributed by atoms with E-state index in [4.69, 9.17) is 9.47 Å². The molecule has 2 aromatic carbocycles. The first-order valence-electron chi connectivity index (χ1n) is 16.6. The lowest BCUT2D eigenvalue weighted by Gasteiger charge is -2.23. The van der Waals surface area contributed by atoms with Gasteiger partial charge in [0.1, 0.15) is 11.7 Å². The highest BCUT2D eigenvalue weighted by atomic mass is 19.1. The summed E-state index contributed by atoms with van der Waals surface area (Å²) in [4.78, 5) is 70.2. The lowest BCUT2D eigenvalue weighted by atomic mass is 9.93. The average molecular weight is 676 g/mol. The number of benzene rings is 2. The molecule has 4 bridgehead atoms. The Balaban J connectivity index is 1.38. The van der Waals surface area contributed by atoms with E-state index in [1.54, 1.807) is 36.9 Å². The summed E-state index contributed by atoms with van der Waals surface area (Å²) in [7, 11) is 1.43. The lowest BCUT2D eigenvalue weighted by Crippen LogP contribution is -2.46. The molecule has 49 heavy (non-hydrogen) atoms. The van der Waals surface area contributed by atoms with Crippen LogP contribution in [0.2, 0.25) is 0 Å². The van der Waals surface area contributed by atoms with E-state index >= 15 is 4.39 Å². The molecular weight excluding hydrogens is 633 g/mol. The second kappa shape index (κ2) is 15.8. The number of hydrogen-bond donors (Lipinski definition) is 4. The number of carbonyl (C=O) groups is 5. The van der Waals surface area contributed by atoms with Crippen LogP contribution < -0.4 is 25.4 Å². The summed E-state index contributed by atoms with van der Waals surface area (Å²) in [5, 5.41) is 8.36. The van der Waals surface area contributed by atoms with E-state index in [2.05, 4.69) is 20.9 Å². The number of methoxy groups -OCH3 is 1. The molecule has 1 atom stereocenters. The number of aromatic amines is 1. The van der Waals surface area contributed by atoms with Gasteiger partial charge < -0.3 is 35.3 Å². The van der Waals surface area contributed by atoms with Crippen molar-refractivity contribution in [1.29, 1.82) is 0 Å². The maximum Gasteiger partial charge on any atom is 0.270 e. The Labute approximate surface area is 284 Å². The molecule has 4 N–H and O–H groups in total. The van der Waals surface area contributed by atoms with Crippen molar-refractivity contribution in [1.82, 2.24) is 25.8 Å². The highest BCUT2D eigenvalue weighted by molar-refractivity contribution is 6.04. The van der Waals surface area contributed by atoms with Crippen molar-refractivity contribution in [2.24, 2.45) is 0 Å². The highest BCUT2D eigenvalue weighted by Crippen LogP contribution is 2.34. The molecule has 0 saturated heterocycles. The first-order valence-corrected chi connectivity index (χ1v) is 16.6.